The van der Waals surface area contributed by atoms with Crippen molar-refractivity contribution in [2.24, 2.45) is 0 Å². The van der Waals surface area contributed by atoms with Crippen LogP contribution in [0, 0.1) is 20.8 Å². The molecule has 2 rings (SSSR count). The van der Waals surface area contributed by atoms with Crippen molar-refractivity contribution in [2.75, 3.05) is 0 Å². The molecule has 2 aliphatic carbocycles. The van der Waals surface area contributed by atoms with Crippen molar-refractivity contribution in [2.45, 2.75) is 47.0 Å². The zero-order chi connectivity index (χ0) is 12.8. The first-order valence-electron chi connectivity index (χ1n) is 6.32. The number of rotatable bonds is 0. The summed E-state index contributed by atoms with van der Waals surface area (Å²) in [6.07, 6.45) is 0. The number of hydrogen-bond acceptors (Lipinski definition) is 0. The average Bonchev–Trinajstić information content (AvgIpc) is 2.51. The van der Waals surface area contributed by atoms with Gasteiger partial charge in [-0.15, -0.1) is 0 Å². The molecule has 0 bridgehead atoms. The van der Waals surface area contributed by atoms with Gasteiger partial charge < -0.3 is 0 Å². The Balaban J connectivity index is 2.82. The predicted octanol–water partition coefficient (Wildman–Crippen LogP) is 5.01. The van der Waals surface area contributed by atoms with Gasteiger partial charge in [-0.1, -0.05) is 45.0 Å². The molecule has 0 aromatic heterocycles. The molecule has 0 heterocycles. The summed E-state index contributed by atoms with van der Waals surface area (Å²) in [6.45, 7) is 13.5. The van der Waals surface area contributed by atoms with E-state index < -0.39 is 0 Å². The number of hydrogen-bond donors (Lipinski definition) is 0. The van der Waals surface area contributed by atoms with Crippen LogP contribution in [0.5, 0.6) is 0 Å². The van der Waals surface area contributed by atoms with Gasteiger partial charge in [0.15, 0.2) is 0 Å². The smallest absolute Gasteiger partial charge is 0.0123 e. The van der Waals surface area contributed by atoms with E-state index in [2.05, 4.69) is 65.8 Å². The summed E-state index contributed by atoms with van der Waals surface area (Å²) in [4.78, 5) is 0. The fourth-order valence-corrected chi connectivity index (χ4v) is 2.53. The Morgan fingerprint density at radius 2 is 1.35 bits per heavy atom. The standard InChI is InChI=1S/C17H22/c1-11-7-8-15-12(2)9-14(17(4,5)6)10-13(3)16(11)15/h7-10H,1-6H3. The number of fused-ring (bicyclic) bond motifs is 1. The lowest BCUT2D eigenvalue weighted by Gasteiger charge is -2.18. The molecule has 0 nitrogen and oxygen atoms in total. The van der Waals surface area contributed by atoms with E-state index in [9.17, 15) is 0 Å². The Morgan fingerprint density at radius 1 is 0.765 bits per heavy atom. The molecule has 0 spiro atoms. The molecule has 0 radical (unpaired) electrons. The van der Waals surface area contributed by atoms with Gasteiger partial charge in [-0.25, -0.2) is 0 Å². The Labute approximate surface area is 105 Å². The summed E-state index contributed by atoms with van der Waals surface area (Å²) in [5.74, 6) is 0. The second kappa shape index (κ2) is 3.87. The van der Waals surface area contributed by atoms with E-state index in [1.54, 1.807) is 0 Å². The number of aryl methyl sites for hydroxylation is 3. The minimum absolute atomic E-state index is 0.208. The third-order valence-corrected chi connectivity index (χ3v) is 3.59. The van der Waals surface area contributed by atoms with Crippen molar-refractivity contribution < 1.29 is 0 Å². The molecule has 0 aromatic rings. The van der Waals surface area contributed by atoms with Crippen molar-refractivity contribution >= 4 is 0 Å². The molecule has 2 aliphatic rings. The van der Waals surface area contributed by atoms with Crippen LogP contribution in [0.1, 0.15) is 43.0 Å². The Bertz CT molecular complexity index is 527. The van der Waals surface area contributed by atoms with Crippen LogP contribution < -0.4 is 0 Å². The molecule has 0 atom stereocenters. The van der Waals surface area contributed by atoms with Gasteiger partial charge in [-0.2, -0.15) is 0 Å². The second-order valence-corrected chi connectivity index (χ2v) is 6.17. The SMILES string of the molecule is Cc1cc(C(C)(C)C)cc(C)c2c(C)ccc1-2. The summed E-state index contributed by atoms with van der Waals surface area (Å²) in [6, 6.07) is 9.16. The summed E-state index contributed by atoms with van der Waals surface area (Å²) in [5.41, 5.74) is 8.61. The monoisotopic (exact) mass is 226 g/mol. The lowest BCUT2D eigenvalue weighted by Crippen LogP contribution is -2.10. The van der Waals surface area contributed by atoms with Crippen molar-refractivity contribution in [3.63, 3.8) is 0 Å². The highest BCUT2D eigenvalue weighted by Gasteiger charge is 2.17. The fraction of sp³-hybridized carbons (Fsp3) is 0.412. The van der Waals surface area contributed by atoms with Gasteiger partial charge in [0.05, 0.1) is 0 Å². The molecule has 0 amide bonds. The van der Waals surface area contributed by atoms with Crippen LogP contribution in [0.2, 0.25) is 0 Å². The maximum atomic E-state index is 2.35. The van der Waals surface area contributed by atoms with Gasteiger partial charge in [0.25, 0.3) is 0 Å². The van der Waals surface area contributed by atoms with Crippen LogP contribution in [-0.2, 0) is 5.41 Å². The van der Waals surface area contributed by atoms with E-state index in [0.29, 0.717) is 0 Å². The van der Waals surface area contributed by atoms with Gasteiger partial charge in [0.2, 0.25) is 0 Å². The van der Waals surface area contributed by atoms with Crippen LogP contribution in [0.4, 0.5) is 0 Å². The lowest BCUT2D eigenvalue weighted by atomic mass is 9.87. The van der Waals surface area contributed by atoms with E-state index in [1.165, 1.54) is 33.4 Å². The normalized spacial score (nSPS) is 12.1. The molecule has 0 saturated heterocycles. The van der Waals surface area contributed by atoms with Crippen LogP contribution in [0.15, 0.2) is 24.3 Å². The molecule has 90 valence electrons. The van der Waals surface area contributed by atoms with Crippen LogP contribution in [0.25, 0.3) is 11.1 Å². The summed E-state index contributed by atoms with van der Waals surface area (Å²) < 4.78 is 0. The largest absolute Gasteiger partial charge is 0.0581 e. The topological polar surface area (TPSA) is 0 Å². The van der Waals surface area contributed by atoms with Gasteiger partial charge >= 0.3 is 0 Å². The molecule has 0 aromatic carbocycles. The van der Waals surface area contributed by atoms with E-state index in [1.807, 2.05) is 0 Å². The Morgan fingerprint density at radius 3 is 1.94 bits per heavy atom. The second-order valence-electron chi connectivity index (χ2n) is 6.17. The highest BCUT2D eigenvalue weighted by molar-refractivity contribution is 5.76. The molecule has 0 aliphatic heterocycles. The lowest BCUT2D eigenvalue weighted by molar-refractivity contribution is 0.590. The minimum atomic E-state index is 0.208. The van der Waals surface area contributed by atoms with Crippen molar-refractivity contribution in [1.29, 1.82) is 0 Å². The first-order chi connectivity index (χ1) is 7.80. The molecular weight excluding hydrogens is 204 g/mol. The maximum absolute atomic E-state index is 2.35. The van der Waals surface area contributed by atoms with E-state index in [4.69, 9.17) is 0 Å². The molecule has 0 N–H and O–H groups in total. The van der Waals surface area contributed by atoms with Gasteiger partial charge in [-0.3, -0.25) is 0 Å². The van der Waals surface area contributed by atoms with Crippen LogP contribution in [0.3, 0.4) is 0 Å². The van der Waals surface area contributed by atoms with Gasteiger partial charge in [0, 0.05) is 0 Å². The van der Waals surface area contributed by atoms with Crippen molar-refractivity contribution in [3.8, 4) is 11.1 Å². The Hall–Kier alpha value is -1.30. The molecule has 0 fully saturated rings. The van der Waals surface area contributed by atoms with Crippen molar-refractivity contribution in [1.82, 2.24) is 0 Å². The average molecular weight is 226 g/mol. The van der Waals surface area contributed by atoms with Crippen LogP contribution >= 0.6 is 0 Å². The van der Waals surface area contributed by atoms with E-state index in [0.717, 1.165) is 0 Å². The highest BCUT2D eigenvalue weighted by Crippen LogP contribution is 2.35. The zero-order valence-corrected chi connectivity index (χ0v) is 11.8. The quantitative estimate of drug-likeness (QED) is 0.592. The molecule has 0 heteroatoms. The summed E-state index contributed by atoms with van der Waals surface area (Å²) in [5, 5.41) is 0. The fourth-order valence-electron chi connectivity index (χ4n) is 2.53. The zero-order valence-electron chi connectivity index (χ0n) is 11.8. The van der Waals surface area contributed by atoms with Crippen molar-refractivity contribution in [3.05, 3.63) is 46.5 Å². The van der Waals surface area contributed by atoms with E-state index >= 15 is 0 Å². The third-order valence-electron chi connectivity index (χ3n) is 3.59. The molecule has 0 unspecified atom stereocenters. The summed E-state index contributed by atoms with van der Waals surface area (Å²) in [7, 11) is 0. The van der Waals surface area contributed by atoms with Gasteiger partial charge in [-0.05, 0) is 59.6 Å². The Kier molecular flexibility index (Phi) is 2.77. The van der Waals surface area contributed by atoms with E-state index in [-0.39, 0.29) is 5.41 Å². The minimum Gasteiger partial charge on any atom is -0.0581 e. The van der Waals surface area contributed by atoms with Crippen LogP contribution in [-0.4, -0.2) is 0 Å². The molecule has 17 heavy (non-hydrogen) atoms. The first-order valence-corrected chi connectivity index (χ1v) is 6.32. The van der Waals surface area contributed by atoms with Gasteiger partial charge in [0.1, 0.15) is 0 Å². The molecule has 0 saturated carbocycles. The predicted molar refractivity (Wildman–Crippen MR) is 76.0 cm³/mol. The third kappa shape index (κ3) is 2.09. The molecular formula is C17H22. The summed E-state index contributed by atoms with van der Waals surface area (Å²) >= 11 is 0. The highest BCUT2D eigenvalue weighted by atomic mass is 14.2. The maximum Gasteiger partial charge on any atom is -0.0123 e. The first kappa shape index (κ1) is 12.2.